The molecule has 1 aromatic carbocycles. The first-order valence-corrected chi connectivity index (χ1v) is 8.79. The number of non-ortho nitro benzene ring substituents is 1. The van der Waals surface area contributed by atoms with Crippen LogP contribution in [0.1, 0.15) is 19.8 Å². The van der Waals surface area contributed by atoms with Crippen LogP contribution in [-0.4, -0.2) is 40.1 Å². The number of nitro groups is 1. The fourth-order valence-electron chi connectivity index (χ4n) is 2.54. The molecule has 0 aromatic heterocycles. The van der Waals surface area contributed by atoms with Crippen LogP contribution in [0.3, 0.4) is 0 Å². The number of rotatable bonds is 6. The van der Waals surface area contributed by atoms with Crippen LogP contribution in [0.25, 0.3) is 0 Å². The molecule has 1 fully saturated rings. The lowest BCUT2D eigenvalue weighted by molar-refractivity contribution is -0.385. The molecular weight excluding hydrogens is 322 g/mol. The van der Waals surface area contributed by atoms with E-state index in [1.54, 1.807) is 0 Å². The first-order valence-electron chi connectivity index (χ1n) is 7.30. The molecule has 1 aliphatic rings. The molecule has 0 spiro atoms. The molecular formula is C14H21N3O5S. The first-order chi connectivity index (χ1) is 10.8. The molecule has 23 heavy (non-hydrogen) atoms. The zero-order chi connectivity index (χ0) is 17.1. The van der Waals surface area contributed by atoms with Crippen molar-refractivity contribution < 1.29 is 18.1 Å². The lowest BCUT2D eigenvalue weighted by atomic mass is 9.81. The van der Waals surface area contributed by atoms with Crippen molar-refractivity contribution >= 4 is 15.7 Å². The van der Waals surface area contributed by atoms with Crippen LogP contribution < -0.4 is 14.8 Å². The maximum atomic E-state index is 12.5. The van der Waals surface area contributed by atoms with Gasteiger partial charge in [0, 0.05) is 18.7 Å². The second-order valence-corrected chi connectivity index (χ2v) is 7.71. The van der Waals surface area contributed by atoms with E-state index in [1.165, 1.54) is 19.2 Å². The number of hydrogen-bond acceptors (Lipinski definition) is 6. The molecule has 2 rings (SSSR count). The van der Waals surface area contributed by atoms with Gasteiger partial charge in [-0.3, -0.25) is 10.1 Å². The van der Waals surface area contributed by atoms with Gasteiger partial charge in [-0.15, -0.1) is 0 Å². The van der Waals surface area contributed by atoms with Crippen LogP contribution in [0.4, 0.5) is 5.69 Å². The Morgan fingerprint density at radius 1 is 1.39 bits per heavy atom. The zero-order valence-corrected chi connectivity index (χ0v) is 14.0. The van der Waals surface area contributed by atoms with E-state index in [9.17, 15) is 18.5 Å². The summed E-state index contributed by atoms with van der Waals surface area (Å²) in [5, 5.41) is 14.1. The lowest BCUT2D eigenvalue weighted by Crippen LogP contribution is -2.42. The van der Waals surface area contributed by atoms with Crippen molar-refractivity contribution in [2.24, 2.45) is 5.41 Å². The largest absolute Gasteiger partial charge is 0.495 e. The minimum Gasteiger partial charge on any atom is -0.495 e. The second-order valence-electron chi connectivity index (χ2n) is 5.98. The number of ether oxygens (including phenoxy) is 1. The number of hydrogen-bond donors (Lipinski definition) is 2. The van der Waals surface area contributed by atoms with E-state index in [1.807, 2.05) is 6.92 Å². The predicted octanol–water partition coefficient (Wildman–Crippen LogP) is 1.27. The Morgan fingerprint density at radius 3 is 2.61 bits per heavy atom. The van der Waals surface area contributed by atoms with Crippen molar-refractivity contribution in [2.75, 3.05) is 26.7 Å². The van der Waals surface area contributed by atoms with Gasteiger partial charge in [-0.25, -0.2) is 13.1 Å². The molecule has 128 valence electrons. The number of sulfonamides is 1. The highest BCUT2D eigenvalue weighted by atomic mass is 32.2. The number of piperidine rings is 1. The van der Waals surface area contributed by atoms with Gasteiger partial charge in [0.15, 0.2) is 0 Å². The Hall–Kier alpha value is -1.71. The third kappa shape index (κ3) is 4.18. The maximum absolute atomic E-state index is 12.5. The van der Waals surface area contributed by atoms with Crippen molar-refractivity contribution in [1.82, 2.24) is 10.0 Å². The zero-order valence-electron chi connectivity index (χ0n) is 13.2. The Bertz CT molecular complexity index is 684. The summed E-state index contributed by atoms with van der Waals surface area (Å²) in [6, 6.07) is 3.52. The van der Waals surface area contributed by atoms with Gasteiger partial charge in [-0.1, -0.05) is 6.92 Å². The summed E-state index contributed by atoms with van der Waals surface area (Å²) in [5.74, 6) is 0.0820. The summed E-state index contributed by atoms with van der Waals surface area (Å²) < 4.78 is 32.7. The molecule has 1 aromatic rings. The van der Waals surface area contributed by atoms with Crippen molar-refractivity contribution in [2.45, 2.75) is 24.7 Å². The van der Waals surface area contributed by atoms with Gasteiger partial charge in [0.05, 0.1) is 12.0 Å². The van der Waals surface area contributed by atoms with Crippen molar-refractivity contribution in [3.05, 3.63) is 28.3 Å². The van der Waals surface area contributed by atoms with E-state index in [0.717, 1.165) is 32.0 Å². The van der Waals surface area contributed by atoms with Gasteiger partial charge in [0.2, 0.25) is 10.0 Å². The van der Waals surface area contributed by atoms with E-state index in [-0.39, 0.29) is 28.3 Å². The van der Waals surface area contributed by atoms with Crippen LogP contribution in [0, 0.1) is 15.5 Å². The Kier molecular flexibility index (Phi) is 5.23. The van der Waals surface area contributed by atoms with Gasteiger partial charge in [-0.2, -0.15) is 0 Å². The Morgan fingerprint density at radius 2 is 2.04 bits per heavy atom. The molecule has 2 N–H and O–H groups in total. The standard InChI is InChI=1S/C14H21N3O5S/c1-14(5-7-15-8-6-14)10-16-23(20,21)13-9-11(17(18)19)3-4-12(13)22-2/h3-4,9,15-16H,5-8,10H2,1-2H3. The van der Waals surface area contributed by atoms with Crippen molar-refractivity contribution in [3.8, 4) is 5.75 Å². The molecule has 0 atom stereocenters. The maximum Gasteiger partial charge on any atom is 0.271 e. The molecule has 0 saturated carbocycles. The average molecular weight is 343 g/mol. The summed E-state index contributed by atoms with van der Waals surface area (Å²) in [4.78, 5) is 10.0. The van der Waals surface area contributed by atoms with Gasteiger partial charge < -0.3 is 10.1 Å². The molecule has 1 aliphatic heterocycles. The summed E-state index contributed by atoms with van der Waals surface area (Å²) in [6.07, 6.45) is 1.73. The summed E-state index contributed by atoms with van der Waals surface area (Å²) in [7, 11) is -2.57. The smallest absolute Gasteiger partial charge is 0.271 e. The quantitative estimate of drug-likeness (QED) is 0.594. The van der Waals surface area contributed by atoms with Gasteiger partial charge in [0.1, 0.15) is 10.6 Å². The van der Waals surface area contributed by atoms with E-state index >= 15 is 0 Å². The molecule has 0 bridgehead atoms. The number of benzene rings is 1. The minimum atomic E-state index is -3.90. The molecule has 8 nitrogen and oxygen atoms in total. The molecule has 0 radical (unpaired) electrons. The third-order valence-electron chi connectivity index (χ3n) is 4.15. The second kappa shape index (κ2) is 6.81. The average Bonchev–Trinajstić information content (AvgIpc) is 2.53. The Labute approximate surface area is 135 Å². The van der Waals surface area contributed by atoms with Crippen LogP contribution >= 0.6 is 0 Å². The highest BCUT2D eigenvalue weighted by molar-refractivity contribution is 7.89. The number of nitrogens with one attached hydrogen (secondary N) is 2. The van der Waals surface area contributed by atoms with Crippen molar-refractivity contribution in [3.63, 3.8) is 0 Å². The summed E-state index contributed by atoms with van der Waals surface area (Å²) in [5.41, 5.74) is -0.425. The van der Waals surface area contributed by atoms with Crippen molar-refractivity contribution in [1.29, 1.82) is 0 Å². The van der Waals surface area contributed by atoms with Gasteiger partial charge in [0.25, 0.3) is 5.69 Å². The van der Waals surface area contributed by atoms with Crippen LogP contribution in [0.2, 0.25) is 0 Å². The lowest BCUT2D eigenvalue weighted by Gasteiger charge is -2.34. The number of methoxy groups -OCH3 is 1. The number of nitrogens with zero attached hydrogens (tertiary/aromatic N) is 1. The molecule has 9 heteroatoms. The predicted molar refractivity (Wildman–Crippen MR) is 85.0 cm³/mol. The minimum absolute atomic E-state index is 0.0820. The Balaban J connectivity index is 2.24. The molecule has 0 unspecified atom stereocenters. The molecule has 0 aliphatic carbocycles. The highest BCUT2D eigenvalue weighted by Gasteiger charge is 2.30. The van der Waals surface area contributed by atoms with Crippen LogP contribution in [-0.2, 0) is 10.0 Å². The fraction of sp³-hybridized carbons (Fsp3) is 0.571. The third-order valence-corrected chi connectivity index (χ3v) is 5.57. The topological polar surface area (TPSA) is 111 Å². The van der Waals surface area contributed by atoms with E-state index < -0.39 is 14.9 Å². The van der Waals surface area contributed by atoms with Gasteiger partial charge >= 0.3 is 0 Å². The molecule has 1 saturated heterocycles. The first kappa shape index (κ1) is 17.6. The van der Waals surface area contributed by atoms with Crippen LogP contribution in [0.15, 0.2) is 23.1 Å². The SMILES string of the molecule is COc1ccc([N+](=O)[O-])cc1S(=O)(=O)NCC1(C)CCNCC1. The fourth-order valence-corrected chi connectivity index (χ4v) is 3.93. The summed E-state index contributed by atoms with van der Waals surface area (Å²) >= 11 is 0. The summed E-state index contributed by atoms with van der Waals surface area (Å²) in [6.45, 7) is 4.00. The monoisotopic (exact) mass is 343 g/mol. The normalized spacial score (nSPS) is 17.7. The van der Waals surface area contributed by atoms with Crippen LogP contribution in [0.5, 0.6) is 5.75 Å². The molecule has 1 heterocycles. The number of nitro benzene ring substituents is 1. The van der Waals surface area contributed by atoms with E-state index in [0.29, 0.717) is 0 Å². The highest BCUT2D eigenvalue weighted by Crippen LogP contribution is 2.30. The van der Waals surface area contributed by atoms with E-state index in [4.69, 9.17) is 4.74 Å². The molecule has 0 amide bonds. The van der Waals surface area contributed by atoms with Gasteiger partial charge in [-0.05, 0) is 37.4 Å². The van der Waals surface area contributed by atoms with E-state index in [2.05, 4.69) is 10.0 Å².